The van der Waals surface area contributed by atoms with Crippen LogP contribution >= 0.6 is 0 Å². The van der Waals surface area contributed by atoms with E-state index in [1.807, 2.05) is 6.92 Å². The fraction of sp³-hybridized carbons (Fsp3) is 0.294. The highest BCUT2D eigenvalue weighted by Crippen LogP contribution is 2.32. The van der Waals surface area contributed by atoms with E-state index in [9.17, 15) is 21.6 Å². The molecule has 0 bridgehead atoms. The first-order chi connectivity index (χ1) is 11.3. The lowest BCUT2D eigenvalue weighted by atomic mass is 10.2. The molecule has 0 aliphatic rings. The number of sulfonamides is 1. The van der Waals surface area contributed by atoms with Crippen LogP contribution < -0.4 is 4.31 Å². The molecule has 0 saturated heterocycles. The van der Waals surface area contributed by atoms with Crippen molar-refractivity contribution in [3.8, 4) is 0 Å². The van der Waals surface area contributed by atoms with Gasteiger partial charge in [-0.2, -0.15) is 13.2 Å². The lowest BCUT2D eigenvalue weighted by molar-refractivity contribution is -0.137. The van der Waals surface area contributed by atoms with E-state index in [1.54, 1.807) is 30.3 Å². The van der Waals surface area contributed by atoms with Crippen molar-refractivity contribution in [2.24, 2.45) is 0 Å². The highest BCUT2D eigenvalue weighted by molar-refractivity contribution is 7.92. The minimum Gasteiger partial charge on any atom is -0.266 e. The van der Waals surface area contributed by atoms with E-state index in [4.69, 9.17) is 0 Å². The lowest BCUT2D eigenvalue weighted by Crippen LogP contribution is -2.32. The topological polar surface area (TPSA) is 37.4 Å². The van der Waals surface area contributed by atoms with Gasteiger partial charge in [0.1, 0.15) is 0 Å². The molecule has 130 valence electrons. The molecule has 0 amide bonds. The van der Waals surface area contributed by atoms with Crippen LogP contribution in [0.25, 0.3) is 0 Å². The van der Waals surface area contributed by atoms with Crippen LogP contribution in [0.4, 0.5) is 18.9 Å². The largest absolute Gasteiger partial charge is 0.416 e. The first-order valence-corrected chi connectivity index (χ1v) is 8.96. The SMILES string of the molecule is CCCCN(c1ccccc1)S(=O)(=O)c1cccc(C(F)(F)F)c1. The number of hydrogen-bond acceptors (Lipinski definition) is 2. The fourth-order valence-electron chi connectivity index (χ4n) is 2.24. The van der Waals surface area contributed by atoms with Crippen LogP contribution in [0.15, 0.2) is 59.5 Å². The molecule has 0 spiro atoms. The fourth-order valence-corrected chi connectivity index (χ4v) is 3.79. The Morgan fingerprint density at radius 1 is 1.00 bits per heavy atom. The first kappa shape index (κ1) is 18.3. The molecule has 0 unspecified atom stereocenters. The van der Waals surface area contributed by atoms with Crippen LogP contribution in [-0.4, -0.2) is 15.0 Å². The zero-order valence-electron chi connectivity index (χ0n) is 13.1. The average molecular weight is 357 g/mol. The molecule has 2 rings (SSSR count). The molecule has 0 aliphatic carbocycles. The molecular weight excluding hydrogens is 339 g/mol. The Kier molecular flexibility index (Phi) is 5.54. The van der Waals surface area contributed by atoms with E-state index in [2.05, 4.69) is 0 Å². The molecule has 0 N–H and O–H groups in total. The van der Waals surface area contributed by atoms with Gasteiger partial charge in [0.2, 0.25) is 0 Å². The summed E-state index contributed by atoms with van der Waals surface area (Å²) in [6.45, 7) is 2.12. The van der Waals surface area contributed by atoms with Crippen LogP contribution in [0.1, 0.15) is 25.3 Å². The highest BCUT2D eigenvalue weighted by Gasteiger charge is 2.33. The normalized spacial score (nSPS) is 12.2. The molecule has 24 heavy (non-hydrogen) atoms. The number of rotatable bonds is 6. The molecular formula is C17H18F3NO2S. The summed E-state index contributed by atoms with van der Waals surface area (Å²) in [5.74, 6) is 0. The summed E-state index contributed by atoms with van der Waals surface area (Å²) in [7, 11) is -4.08. The minimum absolute atomic E-state index is 0.207. The number of hydrogen-bond donors (Lipinski definition) is 0. The molecule has 0 fully saturated rings. The van der Waals surface area contributed by atoms with Gasteiger partial charge in [0.25, 0.3) is 10.0 Å². The van der Waals surface area contributed by atoms with Crippen LogP contribution in [0, 0.1) is 0 Å². The quantitative estimate of drug-likeness (QED) is 0.751. The molecule has 0 aliphatic heterocycles. The zero-order valence-corrected chi connectivity index (χ0v) is 13.9. The van der Waals surface area contributed by atoms with Gasteiger partial charge in [-0.05, 0) is 36.8 Å². The monoisotopic (exact) mass is 357 g/mol. The van der Waals surface area contributed by atoms with Gasteiger partial charge in [-0.1, -0.05) is 37.6 Å². The van der Waals surface area contributed by atoms with Gasteiger partial charge in [-0.3, -0.25) is 4.31 Å². The number of alkyl halides is 3. The maximum Gasteiger partial charge on any atom is 0.416 e. The molecule has 0 saturated carbocycles. The summed E-state index contributed by atoms with van der Waals surface area (Å²) in [5, 5.41) is 0. The van der Waals surface area contributed by atoms with Crippen molar-refractivity contribution in [3.05, 3.63) is 60.2 Å². The summed E-state index contributed by atoms with van der Waals surface area (Å²) in [5.41, 5.74) is -0.546. The minimum atomic E-state index is -4.59. The number of unbranched alkanes of at least 4 members (excludes halogenated alkanes) is 1. The van der Waals surface area contributed by atoms with Gasteiger partial charge in [-0.25, -0.2) is 8.42 Å². The predicted octanol–water partition coefficient (Wildman–Crippen LogP) is 4.70. The Balaban J connectivity index is 2.48. The maximum atomic E-state index is 12.9. The summed E-state index contributed by atoms with van der Waals surface area (Å²) in [4.78, 5) is -0.364. The summed E-state index contributed by atoms with van der Waals surface area (Å²) >= 11 is 0. The molecule has 0 heterocycles. The second-order valence-corrected chi connectivity index (χ2v) is 7.15. The molecule has 3 nitrogen and oxygen atoms in total. The molecule has 7 heteroatoms. The van der Waals surface area contributed by atoms with Crippen LogP contribution in [0.2, 0.25) is 0 Å². The summed E-state index contributed by atoms with van der Waals surface area (Å²) in [6, 6.07) is 12.2. The summed E-state index contributed by atoms with van der Waals surface area (Å²) < 4.78 is 65.5. The Morgan fingerprint density at radius 3 is 2.25 bits per heavy atom. The average Bonchev–Trinajstić information content (AvgIpc) is 2.55. The third kappa shape index (κ3) is 4.08. The van der Waals surface area contributed by atoms with E-state index >= 15 is 0 Å². The predicted molar refractivity (Wildman–Crippen MR) is 87.3 cm³/mol. The van der Waals surface area contributed by atoms with Crippen molar-refractivity contribution in [2.45, 2.75) is 30.8 Å². The zero-order chi connectivity index (χ0) is 17.8. The Bertz CT molecular complexity index is 774. The highest BCUT2D eigenvalue weighted by atomic mass is 32.2. The Hall–Kier alpha value is -2.02. The van der Waals surface area contributed by atoms with Gasteiger partial charge in [0, 0.05) is 6.54 Å². The van der Waals surface area contributed by atoms with Crippen LogP contribution in [-0.2, 0) is 16.2 Å². The third-order valence-electron chi connectivity index (χ3n) is 3.51. The number of nitrogens with zero attached hydrogens (tertiary/aromatic N) is 1. The standard InChI is InChI=1S/C17H18F3NO2S/c1-2-3-12-21(15-9-5-4-6-10-15)24(22,23)16-11-7-8-14(13-16)17(18,19)20/h4-11,13H,2-3,12H2,1H3. The molecule has 0 atom stereocenters. The van der Waals surface area contributed by atoms with Gasteiger partial charge in [0.05, 0.1) is 16.1 Å². The first-order valence-electron chi connectivity index (χ1n) is 7.52. The van der Waals surface area contributed by atoms with Gasteiger partial charge >= 0.3 is 6.18 Å². The molecule has 2 aromatic rings. The van der Waals surface area contributed by atoms with Gasteiger partial charge in [0.15, 0.2) is 0 Å². The number of halogens is 3. The Morgan fingerprint density at radius 2 is 1.67 bits per heavy atom. The molecule has 0 aromatic heterocycles. The number of benzene rings is 2. The van der Waals surface area contributed by atoms with E-state index in [-0.39, 0.29) is 11.4 Å². The van der Waals surface area contributed by atoms with Crippen LogP contribution in [0.3, 0.4) is 0 Å². The smallest absolute Gasteiger partial charge is 0.266 e. The lowest BCUT2D eigenvalue weighted by Gasteiger charge is -2.24. The maximum absolute atomic E-state index is 12.9. The van der Waals surface area contributed by atoms with Crippen molar-refractivity contribution < 1.29 is 21.6 Å². The van der Waals surface area contributed by atoms with E-state index in [1.165, 1.54) is 6.07 Å². The summed E-state index contributed by atoms with van der Waals surface area (Å²) in [6.07, 6.45) is -3.22. The van der Waals surface area contributed by atoms with Crippen molar-refractivity contribution in [1.29, 1.82) is 0 Å². The van der Waals surface area contributed by atoms with E-state index in [0.717, 1.165) is 22.9 Å². The third-order valence-corrected chi connectivity index (χ3v) is 5.33. The van der Waals surface area contributed by atoms with Crippen molar-refractivity contribution in [2.75, 3.05) is 10.8 Å². The Labute approximate surface area is 139 Å². The number of para-hydroxylation sites is 1. The number of anilines is 1. The van der Waals surface area contributed by atoms with Crippen LogP contribution in [0.5, 0.6) is 0 Å². The van der Waals surface area contributed by atoms with Crippen molar-refractivity contribution >= 4 is 15.7 Å². The van der Waals surface area contributed by atoms with Gasteiger partial charge < -0.3 is 0 Å². The second-order valence-electron chi connectivity index (χ2n) is 5.29. The van der Waals surface area contributed by atoms with Gasteiger partial charge in [-0.15, -0.1) is 0 Å². The second kappa shape index (κ2) is 7.25. The van der Waals surface area contributed by atoms with E-state index < -0.39 is 21.8 Å². The molecule has 2 aromatic carbocycles. The van der Waals surface area contributed by atoms with E-state index in [0.29, 0.717) is 18.2 Å². The van der Waals surface area contributed by atoms with Crippen molar-refractivity contribution in [1.82, 2.24) is 0 Å². The van der Waals surface area contributed by atoms with Crippen molar-refractivity contribution in [3.63, 3.8) is 0 Å². The molecule has 0 radical (unpaired) electrons.